The van der Waals surface area contributed by atoms with Crippen LogP contribution < -0.4 is 10.2 Å². The Morgan fingerprint density at radius 1 is 1.00 bits per heavy atom. The van der Waals surface area contributed by atoms with Crippen LogP contribution in [0.25, 0.3) is 0 Å². The van der Waals surface area contributed by atoms with E-state index in [1.54, 1.807) is 4.90 Å². The Balaban J connectivity index is 1.55. The molecule has 5 nitrogen and oxygen atoms in total. The number of amides is 2. The first-order chi connectivity index (χ1) is 12.0. The smallest absolute Gasteiger partial charge is 0.313 e. The fourth-order valence-electron chi connectivity index (χ4n) is 2.85. The topological polar surface area (TPSA) is 52.7 Å². The Morgan fingerprint density at radius 2 is 1.68 bits per heavy atom. The summed E-state index contributed by atoms with van der Waals surface area (Å²) in [7, 11) is 0. The molecule has 0 unspecified atom stereocenters. The van der Waals surface area contributed by atoms with E-state index in [0.29, 0.717) is 31.9 Å². The summed E-state index contributed by atoms with van der Waals surface area (Å²) >= 11 is 0. The van der Waals surface area contributed by atoms with Gasteiger partial charge in [-0.05, 0) is 48.9 Å². The lowest BCUT2D eigenvalue weighted by Gasteiger charge is -2.35. The maximum Gasteiger partial charge on any atom is 0.313 e. The van der Waals surface area contributed by atoms with Crippen LogP contribution in [-0.4, -0.2) is 42.9 Å². The zero-order chi connectivity index (χ0) is 17.8. The number of carbonyl (C=O) groups is 2. The van der Waals surface area contributed by atoms with E-state index in [0.717, 1.165) is 5.69 Å². The first-order valence-electron chi connectivity index (χ1n) is 8.20. The molecule has 1 N–H and O–H groups in total. The van der Waals surface area contributed by atoms with E-state index < -0.39 is 17.6 Å². The molecule has 0 aromatic heterocycles. The van der Waals surface area contributed by atoms with Crippen molar-refractivity contribution in [3.05, 3.63) is 59.9 Å². The van der Waals surface area contributed by atoms with Crippen molar-refractivity contribution in [2.45, 2.75) is 6.92 Å². The molecule has 3 rings (SSSR count). The first kappa shape index (κ1) is 17.0. The summed E-state index contributed by atoms with van der Waals surface area (Å²) in [4.78, 5) is 28.1. The van der Waals surface area contributed by atoms with E-state index in [1.165, 1.54) is 29.8 Å². The highest BCUT2D eigenvalue weighted by Crippen LogP contribution is 2.18. The molecular formula is C19H20FN3O2. The molecular weight excluding hydrogens is 321 g/mol. The quantitative estimate of drug-likeness (QED) is 0.854. The van der Waals surface area contributed by atoms with Gasteiger partial charge in [-0.2, -0.15) is 0 Å². The van der Waals surface area contributed by atoms with Crippen molar-refractivity contribution in [1.82, 2.24) is 4.90 Å². The van der Waals surface area contributed by atoms with Gasteiger partial charge < -0.3 is 15.1 Å². The molecule has 2 aromatic rings. The number of rotatable bonds is 2. The molecule has 0 aliphatic carbocycles. The monoisotopic (exact) mass is 341 g/mol. The van der Waals surface area contributed by atoms with E-state index in [-0.39, 0.29) is 0 Å². The normalized spacial score (nSPS) is 14.3. The second-order valence-corrected chi connectivity index (χ2v) is 6.08. The van der Waals surface area contributed by atoms with E-state index in [9.17, 15) is 14.0 Å². The van der Waals surface area contributed by atoms with E-state index >= 15 is 0 Å². The predicted octanol–water partition coefficient (Wildman–Crippen LogP) is 2.42. The molecule has 2 amide bonds. The standard InChI is InChI=1S/C19H20FN3O2/c1-14-3-2-4-17(13-14)22-9-11-23(12-10-22)19(25)18(24)21-16-7-5-15(20)6-8-16/h2-8,13H,9-12H2,1H3,(H,21,24). The zero-order valence-electron chi connectivity index (χ0n) is 14.0. The van der Waals surface area contributed by atoms with Gasteiger partial charge in [0.1, 0.15) is 5.82 Å². The average Bonchev–Trinajstić information content (AvgIpc) is 2.63. The van der Waals surface area contributed by atoms with Crippen LogP contribution in [0.4, 0.5) is 15.8 Å². The largest absolute Gasteiger partial charge is 0.368 e. The minimum Gasteiger partial charge on any atom is -0.368 e. The molecule has 0 spiro atoms. The van der Waals surface area contributed by atoms with Gasteiger partial charge in [-0.1, -0.05) is 12.1 Å². The fraction of sp³-hybridized carbons (Fsp3) is 0.263. The lowest BCUT2D eigenvalue weighted by molar-refractivity contribution is -0.143. The number of piperazine rings is 1. The number of carbonyl (C=O) groups excluding carboxylic acids is 2. The minimum atomic E-state index is -0.699. The van der Waals surface area contributed by atoms with Crippen LogP contribution in [0.5, 0.6) is 0 Å². The van der Waals surface area contributed by atoms with Crippen LogP contribution in [0.3, 0.4) is 0 Å². The van der Waals surface area contributed by atoms with Gasteiger partial charge in [0, 0.05) is 37.6 Å². The molecule has 130 valence electrons. The molecule has 0 atom stereocenters. The molecule has 1 saturated heterocycles. The van der Waals surface area contributed by atoms with E-state index in [4.69, 9.17) is 0 Å². The SMILES string of the molecule is Cc1cccc(N2CCN(C(=O)C(=O)Nc3ccc(F)cc3)CC2)c1. The molecule has 1 aliphatic heterocycles. The lowest BCUT2D eigenvalue weighted by Crippen LogP contribution is -2.51. The Bertz CT molecular complexity index is 768. The van der Waals surface area contributed by atoms with Gasteiger partial charge in [0.05, 0.1) is 0 Å². The maximum absolute atomic E-state index is 12.9. The molecule has 2 aromatic carbocycles. The summed E-state index contributed by atoms with van der Waals surface area (Å²) in [6, 6.07) is 13.5. The number of nitrogens with one attached hydrogen (secondary N) is 1. The van der Waals surface area contributed by atoms with Crippen molar-refractivity contribution < 1.29 is 14.0 Å². The van der Waals surface area contributed by atoms with Gasteiger partial charge in [-0.3, -0.25) is 9.59 Å². The molecule has 0 bridgehead atoms. The van der Waals surface area contributed by atoms with Crippen molar-refractivity contribution in [3.63, 3.8) is 0 Å². The van der Waals surface area contributed by atoms with Crippen LogP contribution in [0.2, 0.25) is 0 Å². The first-order valence-corrected chi connectivity index (χ1v) is 8.20. The fourth-order valence-corrected chi connectivity index (χ4v) is 2.85. The highest BCUT2D eigenvalue weighted by molar-refractivity contribution is 6.39. The number of aryl methyl sites for hydroxylation is 1. The third-order valence-electron chi connectivity index (χ3n) is 4.23. The predicted molar refractivity (Wildman–Crippen MR) is 95.0 cm³/mol. The van der Waals surface area contributed by atoms with Crippen molar-refractivity contribution in [2.24, 2.45) is 0 Å². The summed E-state index contributed by atoms with van der Waals surface area (Å²) in [6.45, 7) is 4.38. The van der Waals surface area contributed by atoms with Crippen LogP contribution in [0, 0.1) is 12.7 Å². The summed E-state index contributed by atoms with van der Waals surface area (Å²) in [5.41, 5.74) is 2.72. The van der Waals surface area contributed by atoms with Crippen LogP contribution in [0.15, 0.2) is 48.5 Å². The van der Waals surface area contributed by atoms with Crippen molar-refractivity contribution >= 4 is 23.2 Å². The summed E-state index contributed by atoms with van der Waals surface area (Å²) in [6.07, 6.45) is 0. The van der Waals surface area contributed by atoms with Crippen molar-refractivity contribution in [3.8, 4) is 0 Å². The third kappa shape index (κ3) is 4.15. The number of nitrogens with zero attached hydrogens (tertiary/aromatic N) is 2. The van der Waals surface area contributed by atoms with Gasteiger partial charge >= 0.3 is 11.8 Å². The Kier molecular flexibility index (Phi) is 4.97. The third-order valence-corrected chi connectivity index (χ3v) is 4.23. The van der Waals surface area contributed by atoms with Gasteiger partial charge in [-0.15, -0.1) is 0 Å². The van der Waals surface area contributed by atoms with Gasteiger partial charge in [0.15, 0.2) is 0 Å². The Hall–Kier alpha value is -2.89. The average molecular weight is 341 g/mol. The Labute approximate surface area is 146 Å². The molecule has 1 heterocycles. The number of hydrogen-bond acceptors (Lipinski definition) is 3. The highest BCUT2D eigenvalue weighted by atomic mass is 19.1. The van der Waals surface area contributed by atoms with Gasteiger partial charge in [-0.25, -0.2) is 4.39 Å². The van der Waals surface area contributed by atoms with Crippen LogP contribution >= 0.6 is 0 Å². The molecule has 0 radical (unpaired) electrons. The summed E-state index contributed by atoms with van der Waals surface area (Å²) in [5.74, 6) is -1.65. The summed E-state index contributed by atoms with van der Waals surface area (Å²) in [5, 5.41) is 2.51. The highest BCUT2D eigenvalue weighted by Gasteiger charge is 2.26. The number of hydrogen-bond donors (Lipinski definition) is 1. The molecule has 0 saturated carbocycles. The lowest BCUT2D eigenvalue weighted by atomic mass is 10.2. The van der Waals surface area contributed by atoms with Crippen molar-refractivity contribution in [2.75, 3.05) is 36.4 Å². The number of anilines is 2. The van der Waals surface area contributed by atoms with Crippen molar-refractivity contribution in [1.29, 1.82) is 0 Å². The molecule has 25 heavy (non-hydrogen) atoms. The van der Waals surface area contributed by atoms with Crippen LogP contribution in [0.1, 0.15) is 5.56 Å². The van der Waals surface area contributed by atoms with Gasteiger partial charge in [0.25, 0.3) is 0 Å². The van der Waals surface area contributed by atoms with E-state index in [1.807, 2.05) is 25.1 Å². The molecule has 1 fully saturated rings. The van der Waals surface area contributed by atoms with E-state index in [2.05, 4.69) is 16.3 Å². The maximum atomic E-state index is 12.9. The zero-order valence-corrected chi connectivity index (χ0v) is 14.0. The van der Waals surface area contributed by atoms with Crippen LogP contribution in [-0.2, 0) is 9.59 Å². The Morgan fingerprint density at radius 3 is 2.32 bits per heavy atom. The second kappa shape index (κ2) is 7.34. The number of benzene rings is 2. The second-order valence-electron chi connectivity index (χ2n) is 6.08. The number of halogens is 1. The summed E-state index contributed by atoms with van der Waals surface area (Å²) < 4.78 is 12.9. The van der Waals surface area contributed by atoms with Gasteiger partial charge in [0.2, 0.25) is 0 Å². The molecule has 6 heteroatoms. The minimum absolute atomic E-state index is 0.392. The molecule has 1 aliphatic rings.